The Morgan fingerprint density at radius 2 is 1.66 bits per heavy atom. The molecule has 8 heteroatoms. The van der Waals surface area contributed by atoms with Gasteiger partial charge in [0.15, 0.2) is 0 Å². The number of carbonyl (C=O) groups is 1. The lowest BCUT2D eigenvalue weighted by molar-refractivity contribution is -0.114. The predicted molar refractivity (Wildman–Crippen MR) is 128 cm³/mol. The van der Waals surface area contributed by atoms with Crippen LogP contribution in [0.1, 0.15) is 18.1 Å². The lowest BCUT2D eigenvalue weighted by Crippen LogP contribution is -2.38. The van der Waals surface area contributed by atoms with Crippen LogP contribution in [0.25, 0.3) is 0 Å². The summed E-state index contributed by atoms with van der Waals surface area (Å²) in [6.45, 7) is 5.68. The van der Waals surface area contributed by atoms with Gasteiger partial charge in [-0.3, -0.25) is 9.10 Å². The van der Waals surface area contributed by atoms with Gasteiger partial charge in [0.1, 0.15) is 12.3 Å². The molecule has 0 saturated carbocycles. The first kappa shape index (κ1) is 23.6. The Morgan fingerprint density at radius 1 is 1.00 bits per heavy atom. The molecule has 0 aliphatic carbocycles. The number of anilines is 2. The fourth-order valence-corrected chi connectivity index (χ4v) is 4.63. The van der Waals surface area contributed by atoms with Crippen molar-refractivity contribution in [3.8, 4) is 5.75 Å². The van der Waals surface area contributed by atoms with E-state index in [1.807, 2.05) is 20.8 Å². The molecular weight excluding hydrogens is 448 g/mol. The zero-order valence-corrected chi connectivity index (χ0v) is 19.7. The molecule has 0 saturated heterocycles. The van der Waals surface area contributed by atoms with Gasteiger partial charge >= 0.3 is 0 Å². The second-order valence-corrected chi connectivity index (χ2v) is 9.53. The van der Waals surface area contributed by atoms with Gasteiger partial charge in [-0.15, -0.1) is 0 Å². The first-order valence-electron chi connectivity index (χ1n) is 10.1. The lowest BCUT2D eigenvalue weighted by atomic mass is 10.2. The van der Waals surface area contributed by atoms with Crippen LogP contribution < -0.4 is 14.4 Å². The smallest absolute Gasteiger partial charge is 0.264 e. The highest BCUT2D eigenvalue weighted by Crippen LogP contribution is 2.27. The van der Waals surface area contributed by atoms with Crippen LogP contribution in [-0.2, 0) is 14.8 Å². The van der Waals surface area contributed by atoms with Crippen molar-refractivity contribution >= 4 is 38.9 Å². The van der Waals surface area contributed by atoms with Gasteiger partial charge in [-0.1, -0.05) is 35.4 Å². The Kier molecular flexibility index (Phi) is 7.43. The van der Waals surface area contributed by atoms with Gasteiger partial charge in [0.05, 0.1) is 17.2 Å². The van der Waals surface area contributed by atoms with Crippen LogP contribution in [0.4, 0.5) is 11.4 Å². The molecule has 1 amide bonds. The quantitative estimate of drug-likeness (QED) is 0.489. The van der Waals surface area contributed by atoms with Crippen LogP contribution in [0, 0.1) is 13.8 Å². The van der Waals surface area contributed by atoms with E-state index in [0.29, 0.717) is 28.8 Å². The zero-order valence-electron chi connectivity index (χ0n) is 18.1. The second-order valence-electron chi connectivity index (χ2n) is 7.26. The van der Waals surface area contributed by atoms with Crippen molar-refractivity contribution in [3.63, 3.8) is 0 Å². The van der Waals surface area contributed by atoms with E-state index >= 15 is 0 Å². The molecule has 3 aromatic carbocycles. The largest absolute Gasteiger partial charge is 0.494 e. The molecule has 3 rings (SSSR count). The van der Waals surface area contributed by atoms with Crippen LogP contribution in [0.15, 0.2) is 71.6 Å². The molecule has 0 spiro atoms. The second kappa shape index (κ2) is 10.1. The zero-order chi connectivity index (χ0) is 23.3. The fourth-order valence-electron chi connectivity index (χ4n) is 3.03. The van der Waals surface area contributed by atoms with Crippen molar-refractivity contribution in [2.24, 2.45) is 0 Å². The Balaban J connectivity index is 1.93. The average Bonchev–Trinajstić information content (AvgIpc) is 2.76. The standard InChI is InChI=1S/C24H25ClN2O4S/c1-4-31-21-11-9-20(10-12-21)27(32(29,30)22-13-5-17(2)6-14-22)16-24(28)26-19-8-7-18(3)23(25)15-19/h5-15H,4,16H2,1-3H3,(H,26,28). The van der Waals surface area contributed by atoms with Gasteiger partial charge in [0.2, 0.25) is 5.91 Å². The van der Waals surface area contributed by atoms with Gasteiger partial charge < -0.3 is 10.1 Å². The maximum atomic E-state index is 13.4. The van der Waals surface area contributed by atoms with E-state index < -0.39 is 22.5 Å². The number of nitrogens with one attached hydrogen (secondary N) is 1. The number of amides is 1. The third-order valence-corrected chi connectivity index (χ3v) is 6.98. The summed E-state index contributed by atoms with van der Waals surface area (Å²) in [5.74, 6) is 0.122. The first-order valence-corrected chi connectivity index (χ1v) is 11.9. The molecule has 0 unspecified atom stereocenters. The fraction of sp³-hybridized carbons (Fsp3) is 0.208. The maximum Gasteiger partial charge on any atom is 0.264 e. The average molecular weight is 473 g/mol. The van der Waals surface area contributed by atoms with Gasteiger partial charge in [-0.2, -0.15) is 0 Å². The molecular formula is C24H25ClN2O4S. The van der Waals surface area contributed by atoms with Crippen molar-refractivity contribution in [3.05, 3.63) is 82.9 Å². The summed E-state index contributed by atoms with van der Waals surface area (Å²) in [5, 5.41) is 3.23. The van der Waals surface area contributed by atoms with E-state index in [2.05, 4.69) is 5.32 Å². The third kappa shape index (κ3) is 5.60. The summed E-state index contributed by atoms with van der Waals surface area (Å²) in [4.78, 5) is 12.9. The van der Waals surface area contributed by atoms with Gasteiger partial charge in [-0.25, -0.2) is 8.42 Å². The van der Waals surface area contributed by atoms with E-state index in [0.717, 1.165) is 15.4 Å². The first-order chi connectivity index (χ1) is 15.2. The normalized spacial score (nSPS) is 11.1. The molecule has 0 bridgehead atoms. The number of aryl methyl sites for hydroxylation is 2. The lowest BCUT2D eigenvalue weighted by Gasteiger charge is -2.24. The Bertz CT molecular complexity index is 1190. The number of halogens is 1. The SMILES string of the molecule is CCOc1ccc(N(CC(=O)Nc2ccc(C)c(Cl)c2)S(=O)(=O)c2ccc(C)cc2)cc1. The van der Waals surface area contributed by atoms with Crippen molar-refractivity contribution in [2.75, 3.05) is 22.8 Å². The topological polar surface area (TPSA) is 75.7 Å². The van der Waals surface area contributed by atoms with Gasteiger partial charge in [-0.05, 0) is 74.9 Å². The molecule has 0 atom stereocenters. The van der Waals surface area contributed by atoms with Crippen molar-refractivity contribution in [2.45, 2.75) is 25.7 Å². The molecule has 32 heavy (non-hydrogen) atoms. The Hall–Kier alpha value is -3.03. The van der Waals surface area contributed by atoms with Crippen LogP contribution in [0.5, 0.6) is 5.75 Å². The highest BCUT2D eigenvalue weighted by atomic mass is 35.5. The van der Waals surface area contributed by atoms with Crippen molar-refractivity contribution in [1.29, 1.82) is 0 Å². The van der Waals surface area contributed by atoms with Crippen molar-refractivity contribution in [1.82, 2.24) is 0 Å². The van der Waals surface area contributed by atoms with Gasteiger partial charge in [0, 0.05) is 10.7 Å². The van der Waals surface area contributed by atoms with Crippen LogP contribution in [0.2, 0.25) is 5.02 Å². The van der Waals surface area contributed by atoms with Crippen LogP contribution in [0.3, 0.4) is 0 Å². The van der Waals surface area contributed by atoms with E-state index in [9.17, 15) is 13.2 Å². The number of hydrogen-bond acceptors (Lipinski definition) is 4. The molecule has 0 aliphatic heterocycles. The third-order valence-electron chi connectivity index (χ3n) is 4.79. The highest BCUT2D eigenvalue weighted by Gasteiger charge is 2.27. The number of carbonyl (C=O) groups excluding carboxylic acids is 1. The minimum Gasteiger partial charge on any atom is -0.494 e. The highest BCUT2D eigenvalue weighted by molar-refractivity contribution is 7.92. The summed E-state index contributed by atoms with van der Waals surface area (Å²) < 4.78 is 33.4. The number of hydrogen-bond donors (Lipinski definition) is 1. The molecule has 0 heterocycles. The number of nitrogens with zero attached hydrogens (tertiary/aromatic N) is 1. The summed E-state index contributed by atoms with van der Waals surface area (Å²) in [6, 6.07) is 18.2. The monoisotopic (exact) mass is 472 g/mol. The van der Waals surface area contributed by atoms with E-state index in [1.165, 1.54) is 12.1 Å². The molecule has 3 aromatic rings. The molecule has 6 nitrogen and oxygen atoms in total. The number of sulfonamides is 1. The molecule has 0 aromatic heterocycles. The van der Waals surface area contributed by atoms with Crippen LogP contribution >= 0.6 is 11.6 Å². The maximum absolute atomic E-state index is 13.4. The number of rotatable bonds is 8. The summed E-state index contributed by atoms with van der Waals surface area (Å²) in [6.07, 6.45) is 0. The van der Waals surface area contributed by atoms with E-state index in [4.69, 9.17) is 16.3 Å². The molecule has 0 radical (unpaired) electrons. The predicted octanol–water partition coefficient (Wildman–Crippen LogP) is 5.19. The van der Waals surface area contributed by atoms with Crippen LogP contribution in [-0.4, -0.2) is 27.5 Å². The molecule has 1 N–H and O–H groups in total. The molecule has 0 aliphatic rings. The minimum atomic E-state index is -3.99. The summed E-state index contributed by atoms with van der Waals surface area (Å²) in [7, 11) is -3.99. The van der Waals surface area contributed by atoms with E-state index in [-0.39, 0.29) is 4.90 Å². The Morgan fingerprint density at radius 3 is 2.25 bits per heavy atom. The Labute approximate surface area is 193 Å². The minimum absolute atomic E-state index is 0.100. The molecule has 168 valence electrons. The number of benzene rings is 3. The van der Waals surface area contributed by atoms with Gasteiger partial charge in [0.25, 0.3) is 10.0 Å². The molecule has 0 fully saturated rings. The summed E-state index contributed by atoms with van der Waals surface area (Å²) in [5.41, 5.74) is 2.66. The van der Waals surface area contributed by atoms with Crippen molar-refractivity contribution < 1.29 is 17.9 Å². The van der Waals surface area contributed by atoms with E-state index in [1.54, 1.807) is 54.6 Å². The number of ether oxygens (including phenoxy) is 1. The summed E-state index contributed by atoms with van der Waals surface area (Å²) >= 11 is 6.14.